The smallest absolute Gasteiger partial charge is 0.271 e. The van der Waals surface area contributed by atoms with Crippen molar-refractivity contribution < 1.29 is 16.8 Å². The Kier molecular flexibility index (Phi) is 4.35. The summed E-state index contributed by atoms with van der Waals surface area (Å²) in [4.78, 5) is 0.888. The van der Waals surface area contributed by atoms with E-state index in [4.69, 9.17) is 0 Å². The van der Waals surface area contributed by atoms with E-state index in [1.54, 1.807) is 36.4 Å². The minimum Gasteiger partial charge on any atom is -0.277 e. The number of thiophene rings is 1. The molecule has 0 spiro atoms. The van der Waals surface area contributed by atoms with Gasteiger partial charge in [-0.15, -0.1) is 11.3 Å². The Balaban J connectivity index is 2.01. The normalized spacial score (nSPS) is 15.2. The van der Waals surface area contributed by atoms with Crippen LogP contribution in [0.15, 0.2) is 40.6 Å². The van der Waals surface area contributed by atoms with Gasteiger partial charge in [0.05, 0.1) is 17.6 Å². The summed E-state index contributed by atoms with van der Waals surface area (Å²) in [6.07, 6.45) is 2.69. The van der Waals surface area contributed by atoms with E-state index in [9.17, 15) is 16.8 Å². The maximum Gasteiger partial charge on any atom is 0.271 e. The zero-order valence-corrected chi connectivity index (χ0v) is 15.7. The van der Waals surface area contributed by atoms with Gasteiger partial charge in [0, 0.05) is 10.9 Å². The fraction of sp³-hybridized carbons (Fsp3) is 0.333. The van der Waals surface area contributed by atoms with Crippen LogP contribution in [0.3, 0.4) is 0 Å². The van der Waals surface area contributed by atoms with E-state index in [1.807, 2.05) is 6.92 Å². The van der Waals surface area contributed by atoms with E-state index in [0.29, 0.717) is 5.69 Å². The van der Waals surface area contributed by atoms with Crippen molar-refractivity contribution in [1.82, 2.24) is 0 Å². The van der Waals surface area contributed by atoms with E-state index in [1.165, 1.54) is 15.6 Å². The molecule has 1 aromatic carbocycles. The maximum absolute atomic E-state index is 12.6. The van der Waals surface area contributed by atoms with Crippen LogP contribution in [0.4, 0.5) is 11.4 Å². The first-order valence-corrected chi connectivity index (χ1v) is 11.5. The molecule has 9 heteroatoms. The molecule has 0 bridgehead atoms. The summed E-state index contributed by atoms with van der Waals surface area (Å²) in [6, 6.07) is 9.75. The Hall–Kier alpha value is -1.58. The Morgan fingerprint density at radius 1 is 1.08 bits per heavy atom. The van der Waals surface area contributed by atoms with Crippen LogP contribution in [-0.4, -0.2) is 29.1 Å². The van der Waals surface area contributed by atoms with Crippen molar-refractivity contribution >= 4 is 42.8 Å². The lowest BCUT2D eigenvalue weighted by molar-refractivity contribution is 0.595. The molecule has 1 aromatic heterocycles. The predicted molar refractivity (Wildman–Crippen MR) is 96.7 cm³/mol. The van der Waals surface area contributed by atoms with Gasteiger partial charge >= 0.3 is 0 Å². The molecule has 130 valence electrons. The Morgan fingerprint density at radius 3 is 2.29 bits per heavy atom. The summed E-state index contributed by atoms with van der Waals surface area (Å²) >= 11 is 1.17. The number of hydrogen-bond donors (Lipinski definition) is 1. The number of anilines is 2. The lowest BCUT2D eigenvalue weighted by Crippen LogP contribution is -2.32. The van der Waals surface area contributed by atoms with Crippen LogP contribution in [0.5, 0.6) is 0 Å². The minimum absolute atomic E-state index is 0.102. The van der Waals surface area contributed by atoms with Gasteiger partial charge in [-0.1, -0.05) is 12.1 Å². The van der Waals surface area contributed by atoms with Crippen molar-refractivity contribution in [3.8, 4) is 0 Å². The fourth-order valence-electron chi connectivity index (χ4n) is 2.46. The first-order valence-electron chi connectivity index (χ1n) is 7.36. The standard InChI is InChI=1S/C15H18N2O4S3/c1-11-7-10-15(22-11)24(20,21)16-13-5-3-4-6-14(13)17(12-8-9-12)23(2,18)19/h3-7,10,12,16H,8-9H2,1-2H3. The lowest BCUT2D eigenvalue weighted by Gasteiger charge is -2.24. The average Bonchev–Trinajstić information content (AvgIpc) is 3.18. The first kappa shape index (κ1) is 17.2. The van der Waals surface area contributed by atoms with Gasteiger partial charge in [0.15, 0.2) is 0 Å². The van der Waals surface area contributed by atoms with Gasteiger partial charge in [0.2, 0.25) is 10.0 Å². The van der Waals surface area contributed by atoms with Gasteiger partial charge in [-0.05, 0) is 44.0 Å². The van der Waals surface area contributed by atoms with Crippen molar-refractivity contribution in [2.45, 2.75) is 30.0 Å². The van der Waals surface area contributed by atoms with Crippen LogP contribution in [0.25, 0.3) is 0 Å². The maximum atomic E-state index is 12.6. The number of hydrogen-bond acceptors (Lipinski definition) is 5. The molecule has 1 aliphatic rings. The van der Waals surface area contributed by atoms with Crippen molar-refractivity contribution in [2.24, 2.45) is 0 Å². The molecular weight excluding hydrogens is 368 g/mol. The van der Waals surface area contributed by atoms with Crippen LogP contribution in [-0.2, 0) is 20.0 Å². The van der Waals surface area contributed by atoms with Gasteiger partial charge in [-0.3, -0.25) is 9.03 Å². The molecule has 1 aliphatic carbocycles. The SMILES string of the molecule is Cc1ccc(S(=O)(=O)Nc2ccccc2N(C2CC2)S(C)(=O)=O)s1. The molecule has 1 saturated carbocycles. The molecule has 0 aliphatic heterocycles. The summed E-state index contributed by atoms with van der Waals surface area (Å²) in [5.74, 6) is 0. The molecule has 0 radical (unpaired) electrons. The highest BCUT2D eigenvalue weighted by atomic mass is 32.2. The summed E-state index contributed by atoms with van der Waals surface area (Å²) in [5, 5.41) is 0. The van der Waals surface area contributed by atoms with Crippen molar-refractivity contribution in [3.63, 3.8) is 0 Å². The molecule has 3 rings (SSSR count). The summed E-state index contributed by atoms with van der Waals surface area (Å²) in [5.41, 5.74) is 0.625. The minimum atomic E-state index is -3.75. The zero-order chi connectivity index (χ0) is 17.5. The zero-order valence-electron chi connectivity index (χ0n) is 13.3. The number of nitrogens with zero attached hydrogens (tertiary/aromatic N) is 1. The van der Waals surface area contributed by atoms with Gasteiger partial charge < -0.3 is 0 Å². The second kappa shape index (κ2) is 6.05. The third-order valence-corrected chi connectivity index (χ3v) is 7.67. The van der Waals surface area contributed by atoms with Gasteiger partial charge in [0.1, 0.15) is 4.21 Å². The third-order valence-electron chi connectivity index (χ3n) is 3.60. The molecule has 1 N–H and O–H groups in total. The van der Waals surface area contributed by atoms with E-state index in [-0.39, 0.29) is 15.9 Å². The highest BCUT2D eigenvalue weighted by molar-refractivity contribution is 7.94. The molecule has 6 nitrogen and oxygen atoms in total. The number of benzene rings is 1. The predicted octanol–water partition coefficient (Wildman–Crippen LogP) is 2.79. The number of sulfonamides is 2. The van der Waals surface area contributed by atoms with Crippen molar-refractivity contribution in [1.29, 1.82) is 0 Å². The number of nitrogens with one attached hydrogen (secondary N) is 1. The molecule has 24 heavy (non-hydrogen) atoms. The molecule has 0 amide bonds. The van der Waals surface area contributed by atoms with E-state index < -0.39 is 20.0 Å². The number of aryl methyl sites for hydroxylation is 1. The molecule has 1 fully saturated rings. The number of para-hydroxylation sites is 2. The average molecular weight is 387 g/mol. The van der Waals surface area contributed by atoms with Crippen molar-refractivity contribution in [2.75, 3.05) is 15.3 Å². The van der Waals surface area contributed by atoms with Crippen LogP contribution < -0.4 is 9.03 Å². The molecular formula is C15H18N2O4S3. The monoisotopic (exact) mass is 386 g/mol. The topological polar surface area (TPSA) is 83.6 Å². The second-order valence-electron chi connectivity index (χ2n) is 5.78. The Bertz CT molecular complexity index is 960. The van der Waals surface area contributed by atoms with Crippen LogP contribution in [0.2, 0.25) is 0 Å². The number of rotatable bonds is 6. The summed E-state index contributed by atoms with van der Waals surface area (Å²) in [7, 11) is -7.24. The summed E-state index contributed by atoms with van der Waals surface area (Å²) in [6.45, 7) is 1.83. The highest BCUT2D eigenvalue weighted by Crippen LogP contribution is 2.38. The van der Waals surface area contributed by atoms with E-state index >= 15 is 0 Å². The van der Waals surface area contributed by atoms with Crippen LogP contribution in [0, 0.1) is 6.92 Å². The molecule has 0 saturated heterocycles. The molecule has 0 unspecified atom stereocenters. The first-order chi connectivity index (χ1) is 11.2. The van der Waals surface area contributed by atoms with E-state index in [2.05, 4.69) is 4.72 Å². The van der Waals surface area contributed by atoms with Crippen LogP contribution in [0.1, 0.15) is 17.7 Å². The highest BCUT2D eigenvalue weighted by Gasteiger charge is 2.36. The largest absolute Gasteiger partial charge is 0.277 e. The Morgan fingerprint density at radius 2 is 1.75 bits per heavy atom. The van der Waals surface area contributed by atoms with E-state index in [0.717, 1.165) is 24.0 Å². The quantitative estimate of drug-likeness (QED) is 0.827. The molecule has 2 aromatic rings. The third kappa shape index (κ3) is 3.57. The summed E-state index contributed by atoms with van der Waals surface area (Å²) < 4.78 is 53.5. The molecule has 0 atom stereocenters. The van der Waals surface area contributed by atoms with Gasteiger partial charge in [0.25, 0.3) is 10.0 Å². The fourth-order valence-corrected chi connectivity index (χ4v) is 6.09. The van der Waals surface area contributed by atoms with Gasteiger partial charge in [-0.2, -0.15) is 0 Å². The Labute approximate surface area is 146 Å². The van der Waals surface area contributed by atoms with Crippen LogP contribution >= 0.6 is 11.3 Å². The van der Waals surface area contributed by atoms with Gasteiger partial charge in [-0.25, -0.2) is 16.8 Å². The molecule has 1 heterocycles. The second-order valence-corrected chi connectivity index (χ2v) is 10.8. The lowest BCUT2D eigenvalue weighted by atomic mass is 10.2. The van der Waals surface area contributed by atoms with Crippen molar-refractivity contribution in [3.05, 3.63) is 41.3 Å².